The lowest BCUT2D eigenvalue weighted by Gasteiger charge is -2.30. The zero-order chi connectivity index (χ0) is 22.4. The third kappa shape index (κ3) is 6.27. The number of carbonyl (C=O) groups excluding carboxylic acids is 1. The standard InChI is InChI=1S/C22H26F2N2O3S2/c1-16-2-4-17(5-3-16)15-30-13-10-25-22(27)18-8-11-26(12-9-18)31(28,29)21-14-19(23)6-7-20(21)24/h2-7,14,18H,8-13,15H2,1H3,(H,25,27). The number of aryl methyl sites for hydroxylation is 1. The first-order chi connectivity index (χ1) is 14.8. The van der Waals surface area contributed by atoms with Crippen molar-refractivity contribution in [3.63, 3.8) is 0 Å². The fourth-order valence-electron chi connectivity index (χ4n) is 3.44. The number of nitrogens with zero attached hydrogens (tertiary/aromatic N) is 1. The fraction of sp³-hybridized carbons (Fsp3) is 0.409. The van der Waals surface area contributed by atoms with Crippen LogP contribution in [-0.2, 0) is 20.6 Å². The molecule has 0 aromatic heterocycles. The van der Waals surface area contributed by atoms with Gasteiger partial charge in [-0.15, -0.1) is 0 Å². The molecule has 3 rings (SSSR count). The van der Waals surface area contributed by atoms with Gasteiger partial charge >= 0.3 is 0 Å². The Labute approximate surface area is 186 Å². The lowest BCUT2D eigenvalue weighted by Crippen LogP contribution is -2.43. The minimum Gasteiger partial charge on any atom is -0.355 e. The summed E-state index contributed by atoms with van der Waals surface area (Å²) in [4.78, 5) is 11.7. The van der Waals surface area contributed by atoms with Crippen LogP contribution in [-0.4, -0.2) is 44.0 Å². The van der Waals surface area contributed by atoms with Crippen molar-refractivity contribution in [3.05, 3.63) is 65.2 Å². The van der Waals surface area contributed by atoms with Crippen LogP contribution in [0.5, 0.6) is 0 Å². The molecule has 9 heteroatoms. The maximum absolute atomic E-state index is 13.9. The monoisotopic (exact) mass is 468 g/mol. The van der Waals surface area contributed by atoms with E-state index in [1.165, 1.54) is 11.1 Å². The molecule has 1 fully saturated rings. The highest BCUT2D eigenvalue weighted by Gasteiger charge is 2.33. The van der Waals surface area contributed by atoms with E-state index in [2.05, 4.69) is 29.6 Å². The summed E-state index contributed by atoms with van der Waals surface area (Å²) in [5.41, 5.74) is 2.46. The van der Waals surface area contributed by atoms with Gasteiger partial charge in [0.15, 0.2) is 0 Å². The highest BCUT2D eigenvalue weighted by molar-refractivity contribution is 7.98. The molecule has 1 amide bonds. The Morgan fingerprint density at radius 1 is 1.13 bits per heavy atom. The Morgan fingerprint density at radius 3 is 2.48 bits per heavy atom. The van der Waals surface area contributed by atoms with E-state index in [0.717, 1.165) is 27.9 Å². The van der Waals surface area contributed by atoms with Crippen molar-refractivity contribution in [1.82, 2.24) is 9.62 Å². The lowest BCUT2D eigenvalue weighted by molar-refractivity contribution is -0.125. The van der Waals surface area contributed by atoms with Crippen LogP contribution in [0.2, 0.25) is 0 Å². The summed E-state index contributed by atoms with van der Waals surface area (Å²) >= 11 is 1.74. The highest BCUT2D eigenvalue weighted by Crippen LogP contribution is 2.26. The Morgan fingerprint density at radius 2 is 1.81 bits per heavy atom. The van der Waals surface area contributed by atoms with E-state index in [-0.39, 0.29) is 24.9 Å². The largest absolute Gasteiger partial charge is 0.355 e. The number of thioether (sulfide) groups is 1. The summed E-state index contributed by atoms with van der Waals surface area (Å²) in [6.07, 6.45) is 0.691. The fourth-order valence-corrected chi connectivity index (χ4v) is 5.80. The van der Waals surface area contributed by atoms with Gasteiger partial charge in [0, 0.05) is 37.1 Å². The summed E-state index contributed by atoms with van der Waals surface area (Å²) in [7, 11) is -4.13. The molecule has 0 radical (unpaired) electrons. The smallest absolute Gasteiger partial charge is 0.246 e. The van der Waals surface area contributed by atoms with Gasteiger partial charge in [-0.25, -0.2) is 17.2 Å². The molecule has 1 heterocycles. The van der Waals surface area contributed by atoms with Gasteiger partial charge in [-0.05, 0) is 43.5 Å². The van der Waals surface area contributed by atoms with Crippen molar-refractivity contribution in [2.45, 2.75) is 30.4 Å². The highest BCUT2D eigenvalue weighted by atomic mass is 32.2. The number of piperidine rings is 1. The van der Waals surface area contributed by atoms with Gasteiger partial charge in [0.2, 0.25) is 15.9 Å². The van der Waals surface area contributed by atoms with E-state index in [1.807, 2.05) is 6.92 Å². The number of benzene rings is 2. The quantitative estimate of drug-likeness (QED) is 0.600. The second-order valence-electron chi connectivity index (χ2n) is 7.58. The number of carbonyl (C=O) groups is 1. The number of nitrogens with one attached hydrogen (secondary N) is 1. The molecular formula is C22H26F2N2O3S2. The van der Waals surface area contributed by atoms with Crippen LogP contribution in [0.15, 0.2) is 47.4 Å². The van der Waals surface area contributed by atoms with E-state index in [0.29, 0.717) is 25.5 Å². The van der Waals surface area contributed by atoms with E-state index in [4.69, 9.17) is 0 Å². The summed E-state index contributed by atoms with van der Waals surface area (Å²) < 4.78 is 53.7. The number of hydrogen-bond donors (Lipinski definition) is 1. The maximum atomic E-state index is 13.9. The molecule has 31 heavy (non-hydrogen) atoms. The number of rotatable bonds is 8. The molecule has 0 aliphatic carbocycles. The topological polar surface area (TPSA) is 66.5 Å². The lowest BCUT2D eigenvalue weighted by atomic mass is 9.97. The van der Waals surface area contributed by atoms with Crippen LogP contribution >= 0.6 is 11.8 Å². The van der Waals surface area contributed by atoms with Gasteiger partial charge in [0.25, 0.3) is 0 Å². The van der Waals surface area contributed by atoms with Gasteiger partial charge in [-0.1, -0.05) is 29.8 Å². The molecule has 0 spiro atoms. The van der Waals surface area contributed by atoms with E-state index in [1.54, 1.807) is 11.8 Å². The van der Waals surface area contributed by atoms with Gasteiger partial charge in [-0.2, -0.15) is 16.1 Å². The van der Waals surface area contributed by atoms with Gasteiger partial charge in [0.05, 0.1) is 0 Å². The van der Waals surface area contributed by atoms with Crippen LogP contribution in [0.3, 0.4) is 0 Å². The zero-order valence-corrected chi connectivity index (χ0v) is 18.9. The molecule has 1 aliphatic heterocycles. The summed E-state index contributed by atoms with van der Waals surface area (Å²) in [5.74, 6) is -0.510. The van der Waals surface area contributed by atoms with Gasteiger partial charge in [-0.3, -0.25) is 4.79 Å². The van der Waals surface area contributed by atoms with Gasteiger partial charge < -0.3 is 5.32 Å². The van der Waals surface area contributed by atoms with Gasteiger partial charge in [0.1, 0.15) is 16.5 Å². The number of halogens is 2. The zero-order valence-electron chi connectivity index (χ0n) is 17.3. The van der Waals surface area contributed by atoms with E-state index < -0.39 is 26.6 Å². The van der Waals surface area contributed by atoms with Crippen molar-refractivity contribution in [2.75, 3.05) is 25.4 Å². The average Bonchev–Trinajstić information content (AvgIpc) is 2.76. The normalized spacial score (nSPS) is 15.7. The first-order valence-corrected chi connectivity index (χ1v) is 12.7. The maximum Gasteiger partial charge on any atom is 0.246 e. The predicted octanol–water partition coefficient (Wildman–Crippen LogP) is 3.72. The molecule has 0 atom stereocenters. The first-order valence-electron chi connectivity index (χ1n) is 10.1. The van der Waals surface area contributed by atoms with Crippen LogP contribution in [0.1, 0.15) is 24.0 Å². The third-order valence-electron chi connectivity index (χ3n) is 5.27. The van der Waals surface area contributed by atoms with Crippen molar-refractivity contribution < 1.29 is 22.0 Å². The first kappa shape index (κ1) is 23.7. The molecule has 2 aromatic carbocycles. The van der Waals surface area contributed by atoms with Crippen LogP contribution in [0.4, 0.5) is 8.78 Å². The minimum atomic E-state index is -4.13. The molecule has 1 aliphatic rings. The minimum absolute atomic E-state index is 0.0927. The number of sulfonamides is 1. The molecule has 1 saturated heterocycles. The van der Waals surface area contributed by atoms with E-state index >= 15 is 0 Å². The van der Waals surface area contributed by atoms with Crippen LogP contribution < -0.4 is 5.32 Å². The SMILES string of the molecule is Cc1ccc(CSCCNC(=O)C2CCN(S(=O)(=O)c3cc(F)ccc3F)CC2)cc1. The van der Waals surface area contributed by atoms with Crippen LogP contribution in [0, 0.1) is 24.5 Å². The summed E-state index contributed by atoms with van der Waals surface area (Å²) in [6.45, 7) is 2.78. The third-order valence-corrected chi connectivity index (χ3v) is 8.21. The van der Waals surface area contributed by atoms with Crippen molar-refractivity contribution in [1.29, 1.82) is 0 Å². The predicted molar refractivity (Wildman–Crippen MR) is 118 cm³/mol. The van der Waals surface area contributed by atoms with Crippen molar-refractivity contribution >= 4 is 27.7 Å². The number of amides is 1. The Hall–Kier alpha value is -1.97. The Bertz CT molecular complexity index is 1010. The Kier molecular flexibility index (Phi) is 8.07. The summed E-state index contributed by atoms with van der Waals surface area (Å²) in [6, 6.07) is 10.7. The second-order valence-corrected chi connectivity index (χ2v) is 10.6. The molecule has 0 saturated carbocycles. The van der Waals surface area contributed by atoms with Crippen molar-refractivity contribution in [2.24, 2.45) is 5.92 Å². The molecule has 1 N–H and O–H groups in total. The molecular weight excluding hydrogens is 442 g/mol. The summed E-state index contributed by atoms with van der Waals surface area (Å²) in [5, 5.41) is 2.91. The van der Waals surface area contributed by atoms with E-state index in [9.17, 15) is 22.0 Å². The molecule has 0 unspecified atom stereocenters. The van der Waals surface area contributed by atoms with Crippen molar-refractivity contribution in [3.8, 4) is 0 Å². The average molecular weight is 469 g/mol. The molecule has 168 valence electrons. The molecule has 0 bridgehead atoms. The Balaban J connectivity index is 1.42. The van der Waals surface area contributed by atoms with Crippen LogP contribution in [0.25, 0.3) is 0 Å². The number of hydrogen-bond acceptors (Lipinski definition) is 4. The second kappa shape index (κ2) is 10.6. The molecule has 2 aromatic rings. The molecule has 5 nitrogen and oxygen atoms in total.